The monoisotopic (exact) mass is 572 g/mol. The molecule has 0 aliphatic rings. The third-order valence-electron chi connectivity index (χ3n) is 6.49. The third kappa shape index (κ3) is 7.84. The summed E-state index contributed by atoms with van der Waals surface area (Å²) in [6.45, 7) is 14.4. The van der Waals surface area contributed by atoms with Crippen LogP contribution < -0.4 is 11.2 Å². The molecular weight excluding hydrogens is 527 g/mol. The number of terminal acetylenes is 1. The first-order valence-electron chi connectivity index (χ1n) is 14.3. The van der Waals surface area contributed by atoms with Crippen LogP contribution in [-0.2, 0) is 39.5 Å². The largest absolute Gasteiger partial charge is 0.333 e. The van der Waals surface area contributed by atoms with Gasteiger partial charge in [0.1, 0.15) is 5.82 Å². The van der Waals surface area contributed by atoms with Gasteiger partial charge in [-0.15, -0.1) is 6.42 Å². The van der Waals surface area contributed by atoms with E-state index in [1.54, 1.807) is 13.8 Å². The number of rotatable bonds is 14. The number of imidazole rings is 1. The second kappa shape index (κ2) is 15.8. The predicted molar refractivity (Wildman–Crippen MR) is 162 cm³/mol. The molecule has 3 aromatic rings. The van der Waals surface area contributed by atoms with E-state index in [1.165, 1.54) is 15.7 Å². The van der Waals surface area contributed by atoms with Gasteiger partial charge in [-0.05, 0) is 65.0 Å². The summed E-state index contributed by atoms with van der Waals surface area (Å²) >= 11 is 0. The molecule has 0 amide bonds. The van der Waals surface area contributed by atoms with Gasteiger partial charge in [-0.25, -0.2) is 14.3 Å². The molecule has 0 bridgehead atoms. The first-order chi connectivity index (χ1) is 19.2. The van der Waals surface area contributed by atoms with Crippen LogP contribution in [0.15, 0.2) is 33.9 Å². The van der Waals surface area contributed by atoms with E-state index < -0.39 is 18.8 Å². The van der Waals surface area contributed by atoms with E-state index in [-0.39, 0.29) is 18.7 Å². The molecular formula is C30H45N4O5P. The molecule has 0 aliphatic carbocycles. The summed E-state index contributed by atoms with van der Waals surface area (Å²) < 4.78 is 28.1. The van der Waals surface area contributed by atoms with Crippen LogP contribution in [-0.4, -0.2) is 38.1 Å². The van der Waals surface area contributed by atoms with E-state index in [0.29, 0.717) is 50.2 Å². The van der Waals surface area contributed by atoms with Gasteiger partial charge >= 0.3 is 13.3 Å². The Bertz CT molecular complexity index is 1450. The van der Waals surface area contributed by atoms with Crippen LogP contribution in [0.1, 0.15) is 77.4 Å². The highest BCUT2D eigenvalue weighted by Crippen LogP contribution is 2.48. The van der Waals surface area contributed by atoms with E-state index in [4.69, 9.17) is 20.5 Å². The molecule has 0 radical (unpaired) electrons. The van der Waals surface area contributed by atoms with Crippen LogP contribution in [0.3, 0.4) is 0 Å². The van der Waals surface area contributed by atoms with Crippen molar-refractivity contribution in [2.75, 3.05) is 19.4 Å². The number of benzene rings is 1. The highest BCUT2D eigenvalue weighted by molar-refractivity contribution is 7.53. The summed E-state index contributed by atoms with van der Waals surface area (Å²) in [7, 11) is -3.18. The van der Waals surface area contributed by atoms with Crippen LogP contribution in [0.2, 0.25) is 0 Å². The quantitative estimate of drug-likeness (QED) is 0.139. The Morgan fingerprint density at radius 1 is 1.02 bits per heavy atom. The van der Waals surface area contributed by atoms with Gasteiger partial charge in [0.2, 0.25) is 0 Å². The molecule has 9 nitrogen and oxygen atoms in total. The molecule has 3 rings (SSSR count). The lowest BCUT2D eigenvalue weighted by atomic mass is 10.0. The smallest absolute Gasteiger partial charge is 0.320 e. The summed E-state index contributed by atoms with van der Waals surface area (Å²) in [6, 6.07) is 8.15. The Morgan fingerprint density at radius 3 is 2.25 bits per heavy atom. The molecule has 0 saturated carbocycles. The van der Waals surface area contributed by atoms with Crippen LogP contribution in [0.4, 0.5) is 0 Å². The Kier molecular flexibility index (Phi) is 13.1. The zero-order valence-electron chi connectivity index (χ0n) is 25.1. The minimum atomic E-state index is -3.18. The molecule has 0 spiro atoms. The standard InChI is InChI=1S/C28H39N4O5P.C2H6/c1-7-18-31-27(33)25-26(30(28(31)34)19-12-13-20-38(35,36-8-2)37-9-3)29-24(32(25)21(4)5)17-16-23-15-11-10-14-22(23)6;1-2/h1,10-11,14-15,21H,8-9,12-13,16-20H2,2-6H3;1-2H3. The normalized spacial score (nSPS) is 11.5. The van der Waals surface area contributed by atoms with Crippen LogP contribution in [0, 0.1) is 19.3 Å². The molecule has 0 fully saturated rings. The number of unbranched alkanes of at least 4 members (excludes halogenated alkanes) is 1. The van der Waals surface area contributed by atoms with Crippen LogP contribution >= 0.6 is 7.60 Å². The maximum absolute atomic E-state index is 13.5. The van der Waals surface area contributed by atoms with Gasteiger partial charge in [-0.3, -0.25) is 13.9 Å². The minimum absolute atomic E-state index is 0.0481. The van der Waals surface area contributed by atoms with Crippen molar-refractivity contribution in [3.8, 4) is 12.3 Å². The van der Waals surface area contributed by atoms with Crippen LogP contribution in [0.25, 0.3) is 11.2 Å². The van der Waals surface area contributed by atoms with Crippen LogP contribution in [0.5, 0.6) is 0 Å². The molecule has 40 heavy (non-hydrogen) atoms. The molecule has 2 heterocycles. The Morgan fingerprint density at radius 2 is 1.68 bits per heavy atom. The Hall–Kier alpha value is -2.92. The van der Waals surface area contributed by atoms with Gasteiger partial charge in [0.15, 0.2) is 11.2 Å². The summed E-state index contributed by atoms with van der Waals surface area (Å²) in [5.41, 5.74) is 2.23. The minimum Gasteiger partial charge on any atom is -0.320 e. The fourth-order valence-corrected chi connectivity index (χ4v) is 6.47. The van der Waals surface area contributed by atoms with Gasteiger partial charge in [-0.2, -0.15) is 0 Å². The maximum atomic E-state index is 13.5. The number of nitrogens with zero attached hydrogens (tertiary/aromatic N) is 4. The first kappa shape index (κ1) is 33.3. The zero-order valence-corrected chi connectivity index (χ0v) is 26.0. The average Bonchev–Trinajstić information content (AvgIpc) is 3.31. The molecule has 10 heteroatoms. The fourth-order valence-electron chi connectivity index (χ4n) is 4.74. The predicted octanol–water partition coefficient (Wildman–Crippen LogP) is 5.74. The Labute approximate surface area is 238 Å². The second-order valence-electron chi connectivity index (χ2n) is 9.50. The van der Waals surface area contributed by atoms with Crippen molar-refractivity contribution in [1.82, 2.24) is 18.7 Å². The van der Waals surface area contributed by atoms with Gasteiger partial charge < -0.3 is 13.6 Å². The molecule has 0 atom stereocenters. The molecule has 1 aromatic carbocycles. The summed E-state index contributed by atoms with van der Waals surface area (Å²) in [5.74, 6) is 3.18. The van der Waals surface area contributed by atoms with Crippen molar-refractivity contribution >= 4 is 18.8 Å². The van der Waals surface area contributed by atoms with Gasteiger partial charge in [0, 0.05) is 19.0 Å². The van der Waals surface area contributed by atoms with Crippen molar-refractivity contribution < 1.29 is 13.6 Å². The topological polar surface area (TPSA) is 97.3 Å². The van der Waals surface area contributed by atoms with E-state index in [1.807, 2.05) is 44.4 Å². The van der Waals surface area contributed by atoms with Crippen molar-refractivity contribution in [3.05, 3.63) is 62.1 Å². The lowest BCUT2D eigenvalue weighted by molar-refractivity contribution is 0.219. The van der Waals surface area contributed by atoms with E-state index in [2.05, 4.69) is 25.0 Å². The fraction of sp³-hybridized carbons (Fsp3) is 0.567. The number of aryl methyl sites for hydroxylation is 4. The molecule has 0 N–H and O–H groups in total. The maximum Gasteiger partial charge on any atom is 0.333 e. The zero-order chi connectivity index (χ0) is 29.9. The number of aromatic nitrogens is 4. The van der Waals surface area contributed by atoms with E-state index >= 15 is 0 Å². The van der Waals surface area contributed by atoms with Crippen molar-refractivity contribution in [3.63, 3.8) is 0 Å². The molecule has 220 valence electrons. The first-order valence-corrected chi connectivity index (χ1v) is 16.0. The summed E-state index contributed by atoms with van der Waals surface area (Å²) in [6.07, 6.45) is 8.18. The lowest BCUT2D eigenvalue weighted by Gasteiger charge is -2.17. The third-order valence-corrected chi connectivity index (χ3v) is 8.66. The average molecular weight is 573 g/mol. The van der Waals surface area contributed by atoms with Gasteiger partial charge in [0.25, 0.3) is 5.56 Å². The van der Waals surface area contributed by atoms with Crippen molar-refractivity contribution in [2.24, 2.45) is 0 Å². The summed E-state index contributed by atoms with van der Waals surface area (Å²) in [5, 5.41) is 0. The number of hydrogen-bond donors (Lipinski definition) is 0. The molecule has 0 unspecified atom stereocenters. The lowest BCUT2D eigenvalue weighted by Crippen LogP contribution is -2.40. The molecule has 0 saturated heterocycles. The highest BCUT2D eigenvalue weighted by Gasteiger charge is 2.25. The summed E-state index contributed by atoms with van der Waals surface area (Å²) in [4.78, 5) is 31.7. The highest BCUT2D eigenvalue weighted by atomic mass is 31.2. The van der Waals surface area contributed by atoms with E-state index in [9.17, 15) is 14.2 Å². The molecule has 2 aromatic heterocycles. The number of hydrogen-bond acceptors (Lipinski definition) is 6. The SMILES string of the molecule is C#CCn1c(=O)c2c(nc(CCc3ccccc3C)n2C(C)C)n(CCCCP(=O)(OCC)OCC)c1=O.CC. The number of fused-ring (bicyclic) bond motifs is 1. The Balaban J connectivity index is 0.00000274. The van der Waals surface area contributed by atoms with Gasteiger partial charge in [-0.1, -0.05) is 44.0 Å². The second-order valence-corrected chi connectivity index (χ2v) is 11.7. The van der Waals surface area contributed by atoms with Gasteiger partial charge in [0.05, 0.1) is 25.9 Å². The van der Waals surface area contributed by atoms with Crippen molar-refractivity contribution in [2.45, 2.75) is 93.3 Å². The van der Waals surface area contributed by atoms with E-state index in [0.717, 1.165) is 16.8 Å². The van der Waals surface area contributed by atoms with Crippen molar-refractivity contribution in [1.29, 1.82) is 0 Å². The molecule has 0 aliphatic heterocycles.